The van der Waals surface area contributed by atoms with Crippen LogP contribution in [0, 0.1) is 5.92 Å². The van der Waals surface area contributed by atoms with Crippen molar-refractivity contribution in [2.75, 3.05) is 0 Å². The minimum Gasteiger partial charge on any atom is -0.334 e. The van der Waals surface area contributed by atoms with E-state index in [-0.39, 0.29) is 12.1 Å². The SMILES string of the molecule is O=C(NCc1ccncc1)N[C@@H](c1ccccc1)C1CC1. The van der Waals surface area contributed by atoms with Crippen LogP contribution in [0.3, 0.4) is 0 Å². The second kappa shape index (κ2) is 6.39. The largest absolute Gasteiger partial charge is 0.334 e. The minimum atomic E-state index is -0.118. The van der Waals surface area contributed by atoms with Crippen molar-refractivity contribution in [2.24, 2.45) is 5.92 Å². The minimum absolute atomic E-state index is 0.114. The average molecular weight is 281 g/mol. The molecule has 4 heteroatoms. The summed E-state index contributed by atoms with van der Waals surface area (Å²) in [4.78, 5) is 16.1. The van der Waals surface area contributed by atoms with Crippen LogP contribution in [0.1, 0.15) is 30.0 Å². The molecule has 1 aromatic carbocycles. The number of carbonyl (C=O) groups excluding carboxylic acids is 1. The Balaban J connectivity index is 1.57. The molecule has 1 aliphatic rings. The summed E-state index contributed by atoms with van der Waals surface area (Å²) >= 11 is 0. The fourth-order valence-electron chi connectivity index (χ4n) is 2.44. The third-order valence-corrected chi connectivity index (χ3v) is 3.74. The van der Waals surface area contributed by atoms with Crippen molar-refractivity contribution in [3.05, 3.63) is 66.0 Å². The monoisotopic (exact) mass is 281 g/mol. The first kappa shape index (κ1) is 13.6. The van der Waals surface area contributed by atoms with E-state index in [1.54, 1.807) is 12.4 Å². The van der Waals surface area contributed by atoms with Crippen molar-refractivity contribution >= 4 is 6.03 Å². The van der Waals surface area contributed by atoms with E-state index >= 15 is 0 Å². The van der Waals surface area contributed by atoms with Crippen LogP contribution in [-0.4, -0.2) is 11.0 Å². The van der Waals surface area contributed by atoms with Crippen LogP contribution in [0.25, 0.3) is 0 Å². The molecule has 2 aromatic rings. The van der Waals surface area contributed by atoms with Gasteiger partial charge in [-0.25, -0.2) is 4.79 Å². The summed E-state index contributed by atoms with van der Waals surface area (Å²) < 4.78 is 0. The van der Waals surface area contributed by atoms with Crippen molar-refractivity contribution in [1.29, 1.82) is 0 Å². The predicted molar refractivity (Wildman–Crippen MR) is 81.5 cm³/mol. The molecule has 0 radical (unpaired) electrons. The first-order valence-corrected chi connectivity index (χ1v) is 7.31. The number of urea groups is 1. The van der Waals surface area contributed by atoms with E-state index in [2.05, 4.69) is 27.8 Å². The Hall–Kier alpha value is -2.36. The third kappa shape index (κ3) is 3.81. The summed E-state index contributed by atoms with van der Waals surface area (Å²) in [6, 6.07) is 14.0. The van der Waals surface area contributed by atoms with Crippen LogP contribution >= 0.6 is 0 Å². The van der Waals surface area contributed by atoms with Gasteiger partial charge in [-0.3, -0.25) is 4.98 Å². The van der Waals surface area contributed by atoms with Crippen molar-refractivity contribution in [3.8, 4) is 0 Å². The number of carbonyl (C=O) groups is 1. The van der Waals surface area contributed by atoms with Crippen LogP contribution in [0.15, 0.2) is 54.9 Å². The van der Waals surface area contributed by atoms with Crippen LogP contribution in [-0.2, 0) is 6.54 Å². The van der Waals surface area contributed by atoms with Gasteiger partial charge < -0.3 is 10.6 Å². The summed E-state index contributed by atoms with van der Waals surface area (Å²) in [7, 11) is 0. The number of nitrogens with zero attached hydrogens (tertiary/aromatic N) is 1. The van der Waals surface area contributed by atoms with E-state index in [1.165, 1.54) is 18.4 Å². The van der Waals surface area contributed by atoms with Gasteiger partial charge in [0, 0.05) is 18.9 Å². The molecule has 21 heavy (non-hydrogen) atoms. The summed E-state index contributed by atoms with van der Waals surface area (Å²) in [5.74, 6) is 0.569. The number of benzene rings is 1. The Kier molecular flexibility index (Phi) is 4.15. The van der Waals surface area contributed by atoms with Gasteiger partial charge in [0.15, 0.2) is 0 Å². The van der Waals surface area contributed by atoms with E-state index in [0.29, 0.717) is 12.5 Å². The molecule has 1 saturated carbocycles. The fourth-order valence-corrected chi connectivity index (χ4v) is 2.44. The zero-order valence-electron chi connectivity index (χ0n) is 11.8. The lowest BCUT2D eigenvalue weighted by atomic mass is 10.0. The molecule has 1 aliphatic carbocycles. The highest BCUT2D eigenvalue weighted by atomic mass is 16.2. The molecule has 1 heterocycles. The van der Waals surface area contributed by atoms with Gasteiger partial charge in [0.2, 0.25) is 0 Å². The van der Waals surface area contributed by atoms with Gasteiger partial charge >= 0.3 is 6.03 Å². The topological polar surface area (TPSA) is 54.0 Å². The molecular formula is C17H19N3O. The molecule has 1 atom stereocenters. The number of pyridine rings is 1. The Morgan fingerprint density at radius 1 is 1.14 bits per heavy atom. The van der Waals surface area contributed by atoms with Crippen LogP contribution in [0.2, 0.25) is 0 Å². The number of aromatic nitrogens is 1. The molecule has 2 N–H and O–H groups in total. The number of amides is 2. The lowest BCUT2D eigenvalue weighted by Crippen LogP contribution is -2.38. The van der Waals surface area contributed by atoms with Crippen LogP contribution < -0.4 is 10.6 Å². The molecule has 108 valence electrons. The van der Waals surface area contributed by atoms with Gasteiger partial charge in [-0.1, -0.05) is 30.3 Å². The van der Waals surface area contributed by atoms with E-state index in [0.717, 1.165) is 5.56 Å². The standard InChI is InChI=1S/C17H19N3O/c21-17(19-12-13-8-10-18-11-9-13)20-16(15-6-7-15)14-4-2-1-3-5-14/h1-5,8-11,15-16H,6-7,12H2,(H2,19,20,21)/t16-/m0/s1. The highest BCUT2D eigenvalue weighted by molar-refractivity contribution is 5.74. The number of nitrogens with one attached hydrogen (secondary N) is 2. The first-order chi connectivity index (χ1) is 10.3. The van der Waals surface area contributed by atoms with E-state index < -0.39 is 0 Å². The second-order valence-electron chi connectivity index (χ2n) is 5.41. The lowest BCUT2D eigenvalue weighted by Gasteiger charge is -2.19. The van der Waals surface area contributed by atoms with E-state index in [4.69, 9.17) is 0 Å². The molecular weight excluding hydrogens is 262 g/mol. The summed E-state index contributed by atoms with van der Waals surface area (Å²) in [6.07, 6.45) is 5.83. The summed E-state index contributed by atoms with van der Waals surface area (Å²) in [6.45, 7) is 0.514. The predicted octanol–water partition coefficient (Wildman–Crippen LogP) is 3.03. The van der Waals surface area contributed by atoms with Crippen molar-refractivity contribution in [1.82, 2.24) is 15.6 Å². The van der Waals surface area contributed by atoms with E-state index in [9.17, 15) is 4.79 Å². The molecule has 0 unspecified atom stereocenters. The highest BCUT2D eigenvalue weighted by Crippen LogP contribution is 2.40. The van der Waals surface area contributed by atoms with E-state index in [1.807, 2.05) is 30.3 Å². The quantitative estimate of drug-likeness (QED) is 0.885. The molecule has 0 bridgehead atoms. The molecule has 0 saturated heterocycles. The molecule has 1 aromatic heterocycles. The van der Waals surface area contributed by atoms with Gasteiger partial charge in [-0.2, -0.15) is 0 Å². The normalized spacial score (nSPS) is 15.2. The number of hydrogen-bond donors (Lipinski definition) is 2. The smallest absolute Gasteiger partial charge is 0.315 e. The molecule has 2 amide bonds. The maximum atomic E-state index is 12.1. The summed E-state index contributed by atoms with van der Waals surface area (Å²) in [5, 5.41) is 6.00. The molecule has 1 fully saturated rings. The van der Waals surface area contributed by atoms with Crippen molar-refractivity contribution in [2.45, 2.75) is 25.4 Å². The third-order valence-electron chi connectivity index (χ3n) is 3.74. The Morgan fingerprint density at radius 3 is 2.52 bits per heavy atom. The average Bonchev–Trinajstić information content (AvgIpc) is 3.37. The maximum absolute atomic E-state index is 12.1. The first-order valence-electron chi connectivity index (χ1n) is 7.31. The van der Waals surface area contributed by atoms with Gasteiger partial charge in [0.1, 0.15) is 0 Å². The van der Waals surface area contributed by atoms with Crippen molar-refractivity contribution in [3.63, 3.8) is 0 Å². The van der Waals surface area contributed by atoms with Gasteiger partial charge in [-0.05, 0) is 42.0 Å². The van der Waals surface area contributed by atoms with Gasteiger partial charge in [0.25, 0.3) is 0 Å². The maximum Gasteiger partial charge on any atom is 0.315 e. The molecule has 0 aliphatic heterocycles. The Morgan fingerprint density at radius 2 is 1.86 bits per heavy atom. The number of hydrogen-bond acceptors (Lipinski definition) is 2. The van der Waals surface area contributed by atoms with Crippen LogP contribution in [0.5, 0.6) is 0 Å². The number of rotatable bonds is 5. The molecule has 0 spiro atoms. The zero-order valence-corrected chi connectivity index (χ0v) is 11.8. The second-order valence-corrected chi connectivity index (χ2v) is 5.41. The molecule has 3 rings (SSSR count). The van der Waals surface area contributed by atoms with Gasteiger partial charge in [0.05, 0.1) is 6.04 Å². The van der Waals surface area contributed by atoms with Crippen molar-refractivity contribution < 1.29 is 4.79 Å². The summed E-state index contributed by atoms with van der Waals surface area (Å²) in [5.41, 5.74) is 2.22. The van der Waals surface area contributed by atoms with Gasteiger partial charge in [-0.15, -0.1) is 0 Å². The zero-order chi connectivity index (χ0) is 14.5. The van der Waals surface area contributed by atoms with Crippen LogP contribution in [0.4, 0.5) is 4.79 Å². The molecule has 4 nitrogen and oxygen atoms in total. The highest BCUT2D eigenvalue weighted by Gasteiger charge is 2.33. The Labute approximate surface area is 124 Å². The Bertz CT molecular complexity index is 581. The fraction of sp³-hybridized carbons (Fsp3) is 0.294. The lowest BCUT2D eigenvalue weighted by molar-refractivity contribution is 0.235.